The maximum Gasteiger partial charge on any atom is 0.329 e. The molecule has 2 rings (SSSR count). The van der Waals surface area contributed by atoms with Crippen molar-refractivity contribution < 1.29 is 19.6 Å². The highest BCUT2D eigenvalue weighted by Gasteiger charge is 2.17. The van der Waals surface area contributed by atoms with Crippen LogP contribution in [0.5, 0.6) is 5.75 Å². The fourth-order valence-electron chi connectivity index (χ4n) is 1.73. The van der Waals surface area contributed by atoms with Gasteiger partial charge in [0.1, 0.15) is 10.8 Å². The van der Waals surface area contributed by atoms with E-state index in [9.17, 15) is 24.8 Å². The van der Waals surface area contributed by atoms with E-state index < -0.39 is 22.4 Å². The van der Waals surface area contributed by atoms with Crippen molar-refractivity contribution in [2.45, 2.75) is 0 Å². The lowest BCUT2D eigenvalue weighted by molar-refractivity contribution is -0.384. The zero-order valence-corrected chi connectivity index (χ0v) is 13.2. The summed E-state index contributed by atoms with van der Waals surface area (Å²) >= 11 is 5.66. The Hall–Kier alpha value is -3.46. The average molecular weight is 363 g/mol. The monoisotopic (exact) mass is 362 g/mol. The van der Waals surface area contributed by atoms with Crippen LogP contribution in [0.15, 0.2) is 47.6 Å². The van der Waals surface area contributed by atoms with Gasteiger partial charge < -0.3 is 10.4 Å². The summed E-state index contributed by atoms with van der Waals surface area (Å²) < 4.78 is 0. The molecule has 0 heterocycles. The van der Waals surface area contributed by atoms with E-state index >= 15 is 0 Å². The van der Waals surface area contributed by atoms with Gasteiger partial charge >= 0.3 is 11.8 Å². The molecule has 0 saturated carbocycles. The predicted molar refractivity (Wildman–Crippen MR) is 90.6 cm³/mol. The Bertz CT molecular complexity index is 869. The summed E-state index contributed by atoms with van der Waals surface area (Å²) in [5.41, 5.74) is 1.94. The second-order valence-electron chi connectivity index (χ2n) is 4.64. The summed E-state index contributed by atoms with van der Waals surface area (Å²) in [7, 11) is 0. The SMILES string of the molecule is O=C(N/N=C\c1ccccc1O)C(=O)Nc1ccc(Cl)c([N+](=O)[O-])c1. The van der Waals surface area contributed by atoms with E-state index in [4.69, 9.17) is 11.6 Å². The number of hydrogen-bond acceptors (Lipinski definition) is 6. The predicted octanol–water partition coefficient (Wildman–Crippen LogP) is 2.04. The van der Waals surface area contributed by atoms with Crippen LogP contribution in [-0.2, 0) is 9.59 Å². The number of hydrogen-bond donors (Lipinski definition) is 3. The smallest absolute Gasteiger partial charge is 0.329 e. The number of rotatable bonds is 4. The van der Waals surface area contributed by atoms with Gasteiger partial charge in [-0.15, -0.1) is 0 Å². The Balaban J connectivity index is 1.99. The molecule has 0 unspecified atom stereocenters. The quantitative estimate of drug-likeness (QED) is 0.331. The van der Waals surface area contributed by atoms with Gasteiger partial charge in [0.2, 0.25) is 0 Å². The Morgan fingerprint density at radius 2 is 1.92 bits per heavy atom. The van der Waals surface area contributed by atoms with Gasteiger partial charge in [0, 0.05) is 17.3 Å². The van der Waals surface area contributed by atoms with Crippen molar-refractivity contribution in [1.29, 1.82) is 0 Å². The largest absolute Gasteiger partial charge is 0.507 e. The molecule has 2 aromatic rings. The van der Waals surface area contributed by atoms with Gasteiger partial charge in [-0.3, -0.25) is 19.7 Å². The maximum atomic E-state index is 11.7. The molecule has 0 atom stereocenters. The molecule has 3 N–H and O–H groups in total. The van der Waals surface area contributed by atoms with Crippen molar-refractivity contribution in [1.82, 2.24) is 5.43 Å². The zero-order valence-electron chi connectivity index (χ0n) is 12.5. The number of halogens is 1. The first-order valence-corrected chi connectivity index (χ1v) is 7.12. The lowest BCUT2D eigenvalue weighted by Crippen LogP contribution is -2.32. The first-order chi connectivity index (χ1) is 11.9. The van der Waals surface area contributed by atoms with Gasteiger partial charge in [-0.2, -0.15) is 5.10 Å². The first kappa shape index (κ1) is 17.9. The normalized spacial score (nSPS) is 10.4. The number of nitrogens with one attached hydrogen (secondary N) is 2. The molecule has 9 nitrogen and oxygen atoms in total. The highest BCUT2D eigenvalue weighted by atomic mass is 35.5. The fourth-order valence-corrected chi connectivity index (χ4v) is 1.91. The van der Waals surface area contributed by atoms with Crippen LogP contribution in [-0.4, -0.2) is 28.1 Å². The molecule has 0 aliphatic rings. The molecule has 0 spiro atoms. The highest BCUT2D eigenvalue weighted by molar-refractivity contribution is 6.39. The summed E-state index contributed by atoms with van der Waals surface area (Å²) in [6, 6.07) is 9.82. The molecule has 0 radical (unpaired) electrons. The first-order valence-electron chi connectivity index (χ1n) is 6.75. The number of amides is 2. The van der Waals surface area contributed by atoms with Gasteiger partial charge in [-0.05, 0) is 24.3 Å². The van der Waals surface area contributed by atoms with Crippen LogP contribution in [0.25, 0.3) is 0 Å². The fraction of sp³-hybridized carbons (Fsp3) is 0. The minimum atomic E-state index is -1.09. The third-order valence-corrected chi connectivity index (χ3v) is 3.23. The molecule has 0 aliphatic carbocycles. The van der Waals surface area contributed by atoms with Crippen LogP contribution in [0.3, 0.4) is 0 Å². The number of nitro groups is 1. The molecule has 128 valence electrons. The van der Waals surface area contributed by atoms with Crippen LogP contribution in [0.2, 0.25) is 5.02 Å². The second kappa shape index (κ2) is 7.88. The molecular formula is C15H11ClN4O5. The van der Waals surface area contributed by atoms with E-state index in [1.54, 1.807) is 18.2 Å². The van der Waals surface area contributed by atoms with Crippen molar-refractivity contribution in [3.8, 4) is 5.75 Å². The number of aromatic hydroxyl groups is 1. The number of nitrogens with zero attached hydrogens (tertiary/aromatic N) is 2. The van der Waals surface area contributed by atoms with Crippen LogP contribution < -0.4 is 10.7 Å². The zero-order chi connectivity index (χ0) is 18.4. The second-order valence-corrected chi connectivity index (χ2v) is 5.04. The molecule has 10 heteroatoms. The number of carbonyl (C=O) groups is 2. The van der Waals surface area contributed by atoms with Crippen molar-refractivity contribution in [2.24, 2.45) is 5.10 Å². The third-order valence-electron chi connectivity index (χ3n) is 2.91. The van der Waals surface area contributed by atoms with Crippen LogP contribution in [0.1, 0.15) is 5.56 Å². The number of nitro benzene ring substituents is 1. The summed E-state index contributed by atoms with van der Waals surface area (Å²) in [6.45, 7) is 0. The van der Waals surface area contributed by atoms with E-state index in [-0.39, 0.29) is 16.5 Å². The number of benzene rings is 2. The van der Waals surface area contributed by atoms with E-state index in [2.05, 4.69) is 10.4 Å². The molecule has 2 amide bonds. The van der Waals surface area contributed by atoms with E-state index in [0.717, 1.165) is 12.3 Å². The Labute approximate surface area is 146 Å². The number of phenolic OH excluding ortho intramolecular Hbond substituents is 1. The van der Waals surface area contributed by atoms with Gasteiger partial charge in [0.25, 0.3) is 5.69 Å². The Kier molecular flexibility index (Phi) is 5.64. The Morgan fingerprint density at radius 3 is 2.60 bits per heavy atom. The van der Waals surface area contributed by atoms with Crippen molar-refractivity contribution >= 4 is 41.0 Å². The number of hydrazone groups is 1. The number of phenols is 1. The number of anilines is 1. The van der Waals surface area contributed by atoms with E-state index in [1.807, 2.05) is 5.43 Å². The molecule has 0 aliphatic heterocycles. The van der Waals surface area contributed by atoms with Crippen molar-refractivity contribution in [2.75, 3.05) is 5.32 Å². The molecule has 2 aromatic carbocycles. The molecule has 0 aromatic heterocycles. The summed E-state index contributed by atoms with van der Waals surface area (Å²) in [4.78, 5) is 33.5. The molecule has 0 bridgehead atoms. The highest BCUT2D eigenvalue weighted by Crippen LogP contribution is 2.27. The van der Waals surface area contributed by atoms with Gasteiger partial charge in [-0.25, -0.2) is 5.43 Å². The van der Waals surface area contributed by atoms with Crippen molar-refractivity contribution in [3.63, 3.8) is 0 Å². The average Bonchev–Trinajstić information content (AvgIpc) is 2.57. The Morgan fingerprint density at radius 1 is 1.20 bits per heavy atom. The van der Waals surface area contributed by atoms with Crippen molar-refractivity contribution in [3.05, 3.63) is 63.2 Å². The molecule has 25 heavy (non-hydrogen) atoms. The lowest BCUT2D eigenvalue weighted by Gasteiger charge is -2.04. The van der Waals surface area contributed by atoms with Gasteiger partial charge in [0.05, 0.1) is 11.1 Å². The number of para-hydroxylation sites is 1. The van der Waals surface area contributed by atoms with Crippen LogP contribution >= 0.6 is 11.6 Å². The molecular weight excluding hydrogens is 352 g/mol. The van der Waals surface area contributed by atoms with E-state index in [1.165, 1.54) is 18.2 Å². The van der Waals surface area contributed by atoms with Crippen LogP contribution in [0.4, 0.5) is 11.4 Å². The topological polar surface area (TPSA) is 134 Å². The maximum absolute atomic E-state index is 11.7. The minimum Gasteiger partial charge on any atom is -0.507 e. The number of carbonyl (C=O) groups excluding carboxylic acids is 2. The minimum absolute atomic E-state index is 0.0286. The third kappa shape index (κ3) is 4.75. The molecule has 0 fully saturated rings. The summed E-state index contributed by atoms with van der Waals surface area (Å²) in [5.74, 6) is -2.21. The van der Waals surface area contributed by atoms with Gasteiger partial charge in [-0.1, -0.05) is 23.7 Å². The summed E-state index contributed by atoms with van der Waals surface area (Å²) in [5, 5.41) is 26.0. The lowest BCUT2D eigenvalue weighted by atomic mass is 10.2. The summed E-state index contributed by atoms with van der Waals surface area (Å²) in [6.07, 6.45) is 1.16. The van der Waals surface area contributed by atoms with Crippen LogP contribution in [0, 0.1) is 10.1 Å². The van der Waals surface area contributed by atoms with Gasteiger partial charge in [0.15, 0.2) is 0 Å². The standard InChI is InChI=1S/C15H11ClN4O5/c16-11-6-5-10(7-12(11)20(24)25)18-14(22)15(23)19-17-8-9-3-1-2-4-13(9)21/h1-8,21H,(H,18,22)(H,19,23)/b17-8-. The molecule has 0 saturated heterocycles. The van der Waals surface area contributed by atoms with E-state index in [0.29, 0.717) is 5.56 Å².